The first-order valence-corrected chi connectivity index (χ1v) is 10.3. The van der Waals surface area contributed by atoms with Crippen molar-refractivity contribution in [2.45, 2.75) is 26.4 Å². The Morgan fingerprint density at radius 3 is 2.80 bits per heavy atom. The second-order valence-corrected chi connectivity index (χ2v) is 7.88. The molecular weight excluding hydrogens is 384 g/mol. The molecule has 8 heteroatoms. The summed E-state index contributed by atoms with van der Waals surface area (Å²) in [6, 6.07) is 9.07. The van der Waals surface area contributed by atoms with Crippen molar-refractivity contribution in [2.75, 3.05) is 31.2 Å². The molecule has 2 aliphatic heterocycles. The third-order valence-corrected chi connectivity index (χ3v) is 5.67. The lowest BCUT2D eigenvalue weighted by Gasteiger charge is -2.38. The van der Waals surface area contributed by atoms with Crippen molar-refractivity contribution >= 4 is 11.5 Å². The molecule has 0 unspecified atom stereocenters. The third-order valence-electron chi connectivity index (χ3n) is 5.67. The lowest BCUT2D eigenvalue weighted by molar-refractivity contribution is 0.119. The molecule has 0 spiro atoms. The molecule has 1 saturated heterocycles. The number of piperidine rings is 1. The predicted molar refractivity (Wildman–Crippen MR) is 112 cm³/mol. The lowest BCUT2D eigenvalue weighted by Crippen LogP contribution is -2.45. The first-order valence-electron chi connectivity index (χ1n) is 10.3. The van der Waals surface area contributed by atoms with E-state index in [1.54, 1.807) is 0 Å². The summed E-state index contributed by atoms with van der Waals surface area (Å²) in [5.74, 6) is 3.40. The number of aryl methyl sites for hydroxylation is 1. The van der Waals surface area contributed by atoms with Crippen LogP contribution >= 0.6 is 0 Å². The van der Waals surface area contributed by atoms with E-state index in [0.717, 1.165) is 48.1 Å². The molecule has 1 aromatic carbocycles. The second-order valence-electron chi connectivity index (χ2n) is 7.88. The van der Waals surface area contributed by atoms with Gasteiger partial charge in [0.15, 0.2) is 23.0 Å². The standard InChI is InChI=1S/C22H24N4O4/c1-14-11-20-23-7-5-21(27)26(20)24-22(14)25-8-6-17(15(2)13-25)30-16-3-4-18-19(12-16)29-10-9-28-18/h3-5,7,11-12,15,17H,6,8-10,13H2,1-2H3/t15-,17-/m0/s1. The van der Waals surface area contributed by atoms with Crippen LogP contribution in [0.1, 0.15) is 18.9 Å². The van der Waals surface area contributed by atoms with Crippen molar-refractivity contribution in [2.24, 2.45) is 5.92 Å². The molecule has 0 N–H and O–H groups in total. The Morgan fingerprint density at radius 2 is 1.97 bits per heavy atom. The van der Waals surface area contributed by atoms with Gasteiger partial charge in [-0.1, -0.05) is 6.92 Å². The van der Waals surface area contributed by atoms with Gasteiger partial charge in [-0.3, -0.25) is 4.79 Å². The Morgan fingerprint density at radius 1 is 1.13 bits per heavy atom. The Hall–Kier alpha value is -3.29. The molecule has 0 radical (unpaired) electrons. The van der Waals surface area contributed by atoms with Crippen LogP contribution in [0, 0.1) is 12.8 Å². The van der Waals surface area contributed by atoms with E-state index < -0.39 is 0 Å². The molecule has 2 aliphatic rings. The van der Waals surface area contributed by atoms with E-state index in [1.165, 1.54) is 16.8 Å². The normalized spacial score (nSPS) is 20.9. The first-order chi connectivity index (χ1) is 14.6. The number of rotatable bonds is 3. The van der Waals surface area contributed by atoms with E-state index in [1.807, 2.05) is 31.2 Å². The van der Waals surface area contributed by atoms with E-state index in [4.69, 9.17) is 14.2 Å². The highest BCUT2D eigenvalue weighted by Crippen LogP contribution is 2.35. The minimum atomic E-state index is -0.175. The van der Waals surface area contributed by atoms with Crippen molar-refractivity contribution in [3.05, 3.63) is 52.4 Å². The van der Waals surface area contributed by atoms with Crippen LogP contribution in [0.2, 0.25) is 0 Å². The Balaban J connectivity index is 1.32. The summed E-state index contributed by atoms with van der Waals surface area (Å²) in [6.45, 7) is 6.91. The minimum absolute atomic E-state index is 0.0916. The number of aromatic nitrogens is 3. The van der Waals surface area contributed by atoms with Gasteiger partial charge in [0.25, 0.3) is 5.56 Å². The molecule has 30 heavy (non-hydrogen) atoms. The molecule has 0 amide bonds. The van der Waals surface area contributed by atoms with E-state index in [2.05, 4.69) is 21.9 Å². The van der Waals surface area contributed by atoms with Crippen LogP contribution in [0.5, 0.6) is 17.2 Å². The van der Waals surface area contributed by atoms with Gasteiger partial charge >= 0.3 is 0 Å². The molecule has 3 aromatic rings. The molecule has 0 aliphatic carbocycles. The summed E-state index contributed by atoms with van der Waals surface area (Å²) < 4.78 is 18.9. The molecular formula is C22H24N4O4. The maximum absolute atomic E-state index is 12.1. The largest absolute Gasteiger partial charge is 0.490 e. The van der Waals surface area contributed by atoms with Crippen LogP contribution < -0.4 is 24.7 Å². The number of hydrogen-bond donors (Lipinski definition) is 0. The summed E-state index contributed by atoms with van der Waals surface area (Å²) in [4.78, 5) is 18.6. The zero-order valence-corrected chi connectivity index (χ0v) is 17.1. The van der Waals surface area contributed by atoms with Crippen molar-refractivity contribution in [3.8, 4) is 17.2 Å². The minimum Gasteiger partial charge on any atom is -0.490 e. The van der Waals surface area contributed by atoms with Gasteiger partial charge < -0.3 is 19.1 Å². The second kappa shape index (κ2) is 7.51. The number of ether oxygens (including phenoxy) is 3. The van der Waals surface area contributed by atoms with Gasteiger partial charge in [0.2, 0.25) is 0 Å². The van der Waals surface area contributed by atoms with E-state index in [0.29, 0.717) is 18.9 Å². The zero-order chi connectivity index (χ0) is 20.7. The molecule has 4 heterocycles. The highest BCUT2D eigenvalue weighted by molar-refractivity contribution is 5.52. The first kappa shape index (κ1) is 18.7. The molecule has 156 valence electrons. The fourth-order valence-electron chi connectivity index (χ4n) is 4.12. The van der Waals surface area contributed by atoms with Gasteiger partial charge in [-0.2, -0.15) is 4.52 Å². The molecule has 5 rings (SSSR count). The summed E-state index contributed by atoms with van der Waals surface area (Å²) in [6.07, 6.45) is 2.46. The summed E-state index contributed by atoms with van der Waals surface area (Å²) in [5, 5.41) is 4.59. The fraction of sp³-hybridized carbons (Fsp3) is 0.409. The zero-order valence-electron chi connectivity index (χ0n) is 17.1. The van der Waals surface area contributed by atoms with Crippen LogP contribution in [0.3, 0.4) is 0 Å². The Labute approximate surface area is 174 Å². The third kappa shape index (κ3) is 3.42. The number of nitrogens with zero attached hydrogens (tertiary/aromatic N) is 4. The van der Waals surface area contributed by atoms with Crippen molar-refractivity contribution < 1.29 is 14.2 Å². The Kier molecular flexibility index (Phi) is 4.69. The van der Waals surface area contributed by atoms with Crippen LogP contribution in [-0.2, 0) is 0 Å². The topological polar surface area (TPSA) is 78.2 Å². The smallest absolute Gasteiger partial charge is 0.274 e. The van der Waals surface area contributed by atoms with Crippen LogP contribution in [0.25, 0.3) is 5.65 Å². The van der Waals surface area contributed by atoms with E-state index in [9.17, 15) is 4.79 Å². The maximum Gasteiger partial charge on any atom is 0.274 e. The molecule has 0 saturated carbocycles. The molecule has 8 nitrogen and oxygen atoms in total. The number of fused-ring (bicyclic) bond motifs is 2. The SMILES string of the molecule is Cc1cc2nccc(=O)n2nc1N1CC[C@H](Oc2ccc3c(c2)OCCO3)[C@@H](C)C1. The van der Waals surface area contributed by atoms with Crippen LogP contribution in [0.15, 0.2) is 41.3 Å². The highest BCUT2D eigenvalue weighted by Gasteiger charge is 2.29. The monoisotopic (exact) mass is 408 g/mol. The predicted octanol–water partition coefficient (Wildman–Crippen LogP) is 2.46. The van der Waals surface area contributed by atoms with E-state index >= 15 is 0 Å². The van der Waals surface area contributed by atoms with Gasteiger partial charge in [0.1, 0.15) is 25.1 Å². The Bertz CT molecular complexity index is 1150. The van der Waals surface area contributed by atoms with Gasteiger partial charge in [-0.15, -0.1) is 5.10 Å². The van der Waals surface area contributed by atoms with Crippen LogP contribution in [0.4, 0.5) is 5.82 Å². The fourth-order valence-corrected chi connectivity index (χ4v) is 4.12. The van der Waals surface area contributed by atoms with Gasteiger partial charge in [0.05, 0.1) is 0 Å². The summed E-state index contributed by atoms with van der Waals surface area (Å²) in [5.41, 5.74) is 1.39. The average molecular weight is 408 g/mol. The number of hydrogen-bond acceptors (Lipinski definition) is 7. The lowest BCUT2D eigenvalue weighted by atomic mass is 9.96. The highest BCUT2D eigenvalue weighted by atomic mass is 16.6. The van der Waals surface area contributed by atoms with Crippen molar-refractivity contribution in [1.82, 2.24) is 14.6 Å². The van der Waals surface area contributed by atoms with E-state index in [-0.39, 0.29) is 17.6 Å². The summed E-state index contributed by atoms with van der Waals surface area (Å²) >= 11 is 0. The van der Waals surface area contributed by atoms with Crippen molar-refractivity contribution in [1.29, 1.82) is 0 Å². The van der Waals surface area contributed by atoms with Crippen LogP contribution in [-0.4, -0.2) is 47.0 Å². The summed E-state index contributed by atoms with van der Waals surface area (Å²) in [7, 11) is 0. The van der Waals surface area contributed by atoms with Gasteiger partial charge in [-0.25, -0.2) is 4.98 Å². The molecule has 2 aromatic heterocycles. The van der Waals surface area contributed by atoms with Crippen molar-refractivity contribution in [3.63, 3.8) is 0 Å². The molecule has 2 atom stereocenters. The number of benzene rings is 1. The molecule has 0 bridgehead atoms. The maximum atomic E-state index is 12.1. The number of anilines is 1. The average Bonchev–Trinajstić information content (AvgIpc) is 2.75. The quantitative estimate of drug-likeness (QED) is 0.659. The molecule has 1 fully saturated rings. The van der Waals surface area contributed by atoms with Gasteiger partial charge in [0, 0.05) is 43.8 Å². The van der Waals surface area contributed by atoms with Gasteiger partial charge in [-0.05, 0) is 30.7 Å².